The van der Waals surface area contributed by atoms with Crippen LogP contribution in [0.25, 0.3) is 22.4 Å². The number of para-hydroxylation sites is 2. The summed E-state index contributed by atoms with van der Waals surface area (Å²) in [7, 11) is 0. The van der Waals surface area contributed by atoms with Crippen molar-refractivity contribution in [3.8, 4) is 11.4 Å². The summed E-state index contributed by atoms with van der Waals surface area (Å²) in [6.45, 7) is 0. The molecule has 3 N–H and O–H groups in total. The van der Waals surface area contributed by atoms with E-state index in [1.54, 1.807) is 30.3 Å². The molecule has 0 bridgehead atoms. The molecule has 1 heterocycles. The highest BCUT2D eigenvalue weighted by Crippen LogP contribution is 2.23. The number of aromatic nitrogens is 2. The first-order valence-electron chi connectivity index (χ1n) is 8.31. The maximum absolute atomic E-state index is 12.5. The maximum Gasteiger partial charge on any atom is 0.336 e. The molecule has 0 aliphatic carbocycles. The normalized spacial score (nSPS) is 10.7. The number of aromatic carboxylic acids is 1. The Labute approximate surface area is 154 Å². The van der Waals surface area contributed by atoms with Gasteiger partial charge in [0.1, 0.15) is 5.82 Å². The molecule has 0 aliphatic heterocycles. The van der Waals surface area contributed by atoms with E-state index in [2.05, 4.69) is 15.3 Å². The molecule has 6 nitrogen and oxygen atoms in total. The zero-order chi connectivity index (χ0) is 18.8. The van der Waals surface area contributed by atoms with Crippen molar-refractivity contribution in [2.45, 2.75) is 0 Å². The second kappa shape index (κ2) is 6.76. The molecule has 0 atom stereocenters. The number of imidazole rings is 1. The lowest BCUT2D eigenvalue weighted by atomic mass is 10.1. The number of carbonyl (C=O) groups excluding carboxylic acids is 1. The molecular weight excluding hydrogens is 342 g/mol. The summed E-state index contributed by atoms with van der Waals surface area (Å²) in [6, 6.07) is 21.1. The number of nitrogens with zero attached hydrogens (tertiary/aromatic N) is 1. The fraction of sp³-hybridized carbons (Fsp3) is 0. The minimum absolute atomic E-state index is 0.0385. The van der Waals surface area contributed by atoms with Gasteiger partial charge in [-0.2, -0.15) is 0 Å². The van der Waals surface area contributed by atoms with Gasteiger partial charge in [0.15, 0.2) is 0 Å². The molecule has 0 fully saturated rings. The van der Waals surface area contributed by atoms with E-state index in [1.165, 1.54) is 12.1 Å². The Bertz CT molecular complexity index is 1130. The Morgan fingerprint density at radius 2 is 1.63 bits per heavy atom. The third-order valence-electron chi connectivity index (χ3n) is 4.19. The summed E-state index contributed by atoms with van der Waals surface area (Å²) in [6.07, 6.45) is 0. The Morgan fingerprint density at radius 3 is 2.41 bits per heavy atom. The summed E-state index contributed by atoms with van der Waals surface area (Å²) >= 11 is 0. The number of amides is 1. The molecule has 0 saturated heterocycles. The molecule has 0 aliphatic rings. The topological polar surface area (TPSA) is 95.1 Å². The average molecular weight is 357 g/mol. The van der Waals surface area contributed by atoms with E-state index in [0.29, 0.717) is 11.5 Å². The fourth-order valence-corrected chi connectivity index (χ4v) is 2.90. The molecule has 0 spiro atoms. The molecule has 4 rings (SSSR count). The second-order valence-electron chi connectivity index (χ2n) is 5.99. The summed E-state index contributed by atoms with van der Waals surface area (Å²) < 4.78 is 0. The molecule has 0 unspecified atom stereocenters. The number of rotatable bonds is 4. The van der Waals surface area contributed by atoms with Gasteiger partial charge >= 0.3 is 5.97 Å². The van der Waals surface area contributed by atoms with Crippen molar-refractivity contribution in [2.24, 2.45) is 0 Å². The minimum Gasteiger partial charge on any atom is -0.478 e. The van der Waals surface area contributed by atoms with Crippen LogP contribution in [-0.2, 0) is 0 Å². The van der Waals surface area contributed by atoms with Crippen LogP contribution in [0, 0.1) is 0 Å². The van der Waals surface area contributed by atoms with E-state index in [9.17, 15) is 14.7 Å². The van der Waals surface area contributed by atoms with Gasteiger partial charge in [0.05, 0.1) is 22.2 Å². The number of carbonyl (C=O) groups is 2. The van der Waals surface area contributed by atoms with Crippen LogP contribution in [0.4, 0.5) is 5.69 Å². The first-order chi connectivity index (χ1) is 13.1. The lowest BCUT2D eigenvalue weighted by Gasteiger charge is -2.08. The monoisotopic (exact) mass is 357 g/mol. The number of carboxylic acid groups (broad SMARTS) is 1. The molecule has 1 aromatic heterocycles. The number of hydrogen-bond acceptors (Lipinski definition) is 3. The van der Waals surface area contributed by atoms with Gasteiger partial charge in [-0.25, -0.2) is 9.78 Å². The number of anilines is 1. The third kappa shape index (κ3) is 3.28. The van der Waals surface area contributed by atoms with E-state index in [1.807, 2.05) is 30.3 Å². The van der Waals surface area contributed by atoms with Crippen LogP contribution in [0.1, 0.15) is 20.7 Å². The lowest BCUT2D eigenvalue weighted by Crippen LogP contribution is -2.16. The highest BCUT2D eigenvalue weighted by atomic mass is 16.4. The van der Waals surface area contributed by atoms with Crippen molar-refractivity contribution in [1.82, 2.24) is 9.97 Å². The van der Waals surface area contributed by atoms with Crippen LogP contribution in [0.2, 0.25) is 0 Å². The van der Waals surface area contributed by atoms with Gasteiger partial charge in [-0.05, 0) is 36.4 Å². The Kier molecular flexibility index (Phi) is 4.14. The van der Waals surface area contributed by atoms with Gasteiger partial charge in [0, 0.05) is 11.3 Å². The Morgan fingerprint density at radius 1 is 0.889 bits per heavy atom. The van der Waals surface area contributed by atoms with Crippen molar-refractivity contribution < 1.29 is 14.7 Å². The zero-order valence-electron chi connectivity index (χ0n) is 14.1. The van der Waals surface area contributed by atoms with E-state index < -0.39 is 11.9 Å². The largest absolute Gasteiger partial charge is 0.478 e. The Hall–Kier alpha value is -3.93. The molecule has 1 amide bonds. The minimum atomic E-state index is -1.14. The summed E-state index contributed by atoms with van der Waals surface area (Å²) in [4.78, 5) is 31.6. The van der Waals surface area contributed by atoms with Gasteiger partial charge in [-0.3, -0.25) is 4.79 Å². The molecule has 3 aromatic carbocycles. The number of aromatic amines is 1. The predicted octanol–water partition coefficient (Wildman–Crippen LogP) is 4.18. The van der Waals surface area contributed by atoms with Crippen molar-refractivity contribution in [3.05, 3.63) is 83.9 Å². The molecule has 0 saturated carbocycles. The van der Waals surface area contributed by atoms with Crippen LogP contribution in [0.5, 0.6) is 0 Å². The average Bonchev–Trinajstić information content (AvgIpc) is 3.12. The van der Waals surface area contributed by atoms with Crippen LogP contribution in [0.3, 0.4) is 0 Å². The molecule has 0 radical (unpaired) electrons. The van der Waals surface area contributed by atoms with Gasteiger partial charge in [0.2, 0.25) is 0 Å². The number of benzene rings is 3. The number of nitrogens with one attached hydrogen (secondary N) is 2. The highest BCUT2D eigenvalue weighted by Gasteiger charge is 2.16. The fourth-order valence-electron chi connectivity index (χ4n) is 2.90. The summed E-state index contributed by atoms with van der Waals surface area (Å²) in [5, 5.41) is 12.0. The smallest absolute Gasteiger partial charge is 0.336 e. The zero-order valence-corrected chi connectivity index (χ0v) is 14.1. The lowest BCUT2D eigenvalue weighted by molar-refractivity contribution is 0.0692. The van der Waals surface area contributed by atoms with Crippen LogP contribution in [0.15, 0.2) is 72.8 Å². The van der Waals surface area contributed by atoms with E-state index in [4.69, 9.17) is 0 Å². The number of fused-ring (bicyclic) bond motifs is 1. The van der Waals surface area contributed by atoms with Crippen LogP contribution in [-0.4, -0.2) is 27.0 Å². The predicted molar refractivity (Wildman–Crippen MR) is 103 cm³/mol. The SMILES string of the molecule is O=C(O)c1ccccc1C(=O)Nc1cccc(-c2nc3ccccc3[nH]2)c1. The maximum atomic E-state index is 12.5. The quantitative estimate of drug-likeness (QED) is 0.510. The van der Waals surface area contributed by atoms with Crippen LogP contribution >= 0.6 is 0 Å². The first-order valence-corrected chi connectivity index (χ1v) is 8.31. The molecule has 6 heteroatoms. The Balaban J connectivity index is 1.63. The van der Waals surface area contributed by atoms with Crippen LogP contribution < -0.4 is 5.32 Å². The van der Waals surface area contributed by atoms with E-state index in [-0.39, 0.29) is 11.1 Å². The van der Waals surface area contributed by atoms with E-state index >= 15 is 0 Å². The highest BCUT2D eigenvalue weighted by molar-refractivity contribution is 6.10. The van der Waals surface area contributed by atoms with E-state index in [0.717, 1.165) is 16.6 Å². The molecular formula is C21H15N3O3. The van der Waals surface area contributed by atoms with Crippen molar-refractivity contribution in [2.75, 3.05) is 5.32 Å². The number of hydrogen-bond donors (Lipinski definition) is 3. The van der Waals surface area contributed by atoms with Gasteiger partial charge < -0.3 is 15.4 Å². The summed E-state index contributed by atoms with van der Waals surface area (Å²) in [5.41, 5.74) is 3.23. The third-order valence-corrected chi connectivity index (χ3v) is 4.19. The molecule has 4 aromatic rings. The number of carboxylic acids is 1. The number of H-pyrrole nitrogens is 1. The van der Waals surface area contributed by atoms with Crippen molar-refractivity contribution in [3.63, 3.8) is 0 Å². The van der Waals surface area contributed by atoms with Gasteiger partial charge in [-0.1, -0.05) is 36.4 Å². The summed E-state index contributed by atoms with van der Waals surface area (Å²) in [5.74, 6) is -0.926. The molecule has 27 heavy (non-hydrogen) atoms. The second-order valence-corrected chi connectivity index (χ2v) is 5.99. The first kappa shape index (κ1) is 16.5. The standard InChI is InChI=1S/C21H15N3O3/c25-20(15-8-1-2-9-16(15)21(26)27)22-14-7-5-6-13(12-14)19-23-17-10-3-4-11-18(17)24-19/h1-12H,(H,22,25)(H,23,24)(H,26,27). The van der Waals surface area contributed by atoms with Gasteiger partial charge in [0.25, 0.3) is 5.91 Å². The van der Waals surface area contributed by atoms with Gasteiger partial charge in [-0.15, -0.1) is 0 Å². The molecule has 132 valence electrons. The van der Waals surface area contributed by atoms with Crippen molar-refractivity contribution >= 4 is 28.6 Å². The van der Waals surface area contributed by atoms with Crippen molar-refractivity contribution in [1.29, 1.82) is 0 Å².